The lowest BCUT2D eigenvalue weighted by Gasteiger charge is -2.31. The molecule has 648 valence electrons. The van der Waals surface area contributed by atoms with Crippen molar-refractivity contribution >= 4 is 83.2 Å². The van der Waals surface area contributed by atoms with E-state index in [1.807, 2.05) is 0 Å². The number of carbonyl (C=O) groups is 3. The van der Waals surface area contributed by atoms with E-state index in [1.165, 1.54) is 57.2 Å². The van der Waals surface area contributed by atoms with E-state index in [1.54, 1.807) is 96.1 Å². The molecule has 48 heteroatoms. The van der Waals surface area contributed by atoms with Gasteiger partial charge in [0.25, 0.3) is 22.6 Å². The maximum Gasteiger partial charge on any atom is 0.429 e. The number of ether oxygens (including phenoxy) is 6. The highest BCUT2D eigenvalue weighted by Gasteiger charge is 2.75. The lowest BCUT2D eigenvalue weighted by atomic mass is 9.95. The Bertz CT molecular complexity index is 4650. The lowest BCUT2D eigenvalue weighted by molar-refractivity contribution is -0.274. The quantitative estimate of drug-likeness (QED) is 0.00802. The number of carbonyl (C=O) groups excluding carboxylic acids is 3. The van der Waals surface area contributed by atoms with Crippen LogP contribution in [0.15, 0.2) is 137 Å². The van der Waals surface area contributed by atoms with Crippen molar-refractivity contribution in [3.05, 3.63) is 163 Å². The molecule has 6 unspecified atom stereocenters. The SMILES string of the molecule is CC(C)OC(=O)[C@H](C)CP(=O)(OC[C@H]1O[C@@H](n2ccc(=O)[nH]c2=S)C(F)(C(F)(F)F)[C@H]1O)Oc1ccccc1.CC(C)OC(=O)[C@H](C)CP(=O)(OC[C@H]1O[C@@H](n2ccc(=S)[nH]c2=O)C(F)(C(F)(F)F)[C@H]1O)Oc1ccccc1.CC(C)OC(=O)[C@H](C)CP(=O)(OC[C@H]1O[C@@H](n2ccc(N)nc2=S)C(F)(C(F)(F)F)[C@H]1O)Oc1ccccc1. The number of anilines is 1. The molecule has 6 heterocycles. The molecule has 9 rings (SSSR count). The number of aromatic nitrogens is 6. The van der Waals surface area contributed by atoms with Crippen molar-refractivity contribution in [1.82, 2.24) is 28.7 Å². The smallest absolute Gasteiger partial charge is 0.429 e. The Kier molecular flexibility index (Phi) is 32.3. The largest absolute Gasteiger partial charge is 0.463 e. The molecule has 0 amide bonds. The molecular weight excluding hydrogens is 1710 g/mol. The summed E-state index contributed by atoms with van der Waals surface area (Å²) in [5.41, 5.74) is -9.69. The number of nitrogens with two attached hydrogens (primary N) is 1. The molecule has 117 heavy (non-hydrogen) atoms. The second-order valence-corrected chi connectivity index (χ2v) is 34.7. The van der Waals surface area contributed by atoms with Crippen LogP contribution in [0.25, 0.3) is 0 Å². The molecule has 3 aromatic heterocycles. The zero-order chi connectivity index (χ0) is 87.5. The highest BCUT2D eigenvalue weighted by atomic mass is 32.1. The third-order valence-corrected chi connectivity index (χ3v) is 23.9. The van der Waals surface area contributed by atoms with Crippen LogP contribution in [-0.4, -0.2) is 191 Å². The Morgan fingerprint density at radius 2 is 0.786 bits per heavy atom. The summed E-state index contributed by atoms with van der Waals surface area (Å²) in [4.78, 5) is 68.4. The van der Waals surface area contributed by atoms with Gasteiger partial charge in [0.2, 0.25) is 4.77 Å². The Balaban J connectivity index is 0.000000242. The van der Waals surface area contributed by atoms with Gasteiger partial charge in [-0.15, -0.1) is 0 Å². The van der Waals surface area contributed by atoms with Crippen LogP contribution >= 0.6 is 59.4 Å². The monoisotopic (exact) mass is 1790 g/mol. The van der Waals surface area contributed by atoms with Crippen LogP contribution in [0.5, 0.6) is 17.2 Å². The zero-order valence-corrected chi connectivity index (χ0v) is 68.1. The van der Waals surface area contributed by atoms with Gasteiger partial charge in [-0.1, -0.05) is 87.6 Å². The predicted octanol–water partition coefficient (Wildman–Crippen LogP) is 13.2. The first-order valence-electron chi connectivity index (χ1n) is 35.0. The summed E-state index contributed by atoms with van der Waals surface area (Å²) < 4.78 is 277. The van der Waals surface area contributed by atoms with Gasteiger partial charge in [-0.25, -0.2) is 36.6 Å². The molecule has 18 atom stereocenters. The van der Waals surface area contributed by atoms with Crippen molar-refractivity contribution in [1.29, 1.82) is 0 Å². The van der Waals surface area contributed by atoms with Gasteiger partial charge in [0.1, 0.15) is 64.3 Å². The second-order valence-electron chi connectivity index (χ2n) is 27.4. The number of H-pyrrole nitrogens is 2. The number of rotatable bonds is 30. The number of halogens is 12. The fourth-order valence-electron chi connectivity index (χ4n) is 11.3. The zero-order valence-electron chi connectivity index (χ0n) is 63.0. The lowest BCUT2D eigenvalue weighted by Crippen LogP contribution is -2.55. The van der Waals surface area contributed by atoms with Crippen LogP contribution in [0.3, 0.4) is 0 Å². The molecule has 3 aliphatic heterocycles. The summed E-state index contributed by atoms with van der Waals surface area (Å²) in [7, 11) is -13.0. The third-order valence-electron chi connectivity index (χ3n) is 17.0. The molecule has 0 saturated carbocycles. The van der Waals surface area contributed by atoms with Crippen LogP contribution in [-0.2, 0) is 70.1 Å². The number of aliphatic hydroxyl groups excluding tert-OH is 3. The summed E-state index contributed by atoms with van der Waals surface area (Å²) in [6.07, 6.45) is -39.9. The van der Waals surface area contributed by atoms with Gasteiger partial charge in [-0.05, 0) is 115 Å². The van der Waals surface area contributed by atoms with Gasteiger partial charge < -0.3 is 63.0 Å². The van der Waals surface area contributed by atoms with Crippen molar-refractivity contribution in [3.63, 3.8) is 0 Å². The second kappa shape index (κ2) is 39.2. The summed E-state index contributed by atoms with van der Waals surface area (Å²) in [6, 6.07) is 25.8. The number of nitrogens with one attached hydrogen (secondary N) is 2. The summed E-state index contributed by atoms with van der Waals surface area (Å²) >= 11 is 14.5. The number of hydrogen-bond acceptors (Lipinski definition) is 28. The topological polar surface area (TPSA) is 393 Å². The van der Waals surface area contributed by atoms with Crippen LogP contribution in [0, 0.1) is 31.9 Å². The maximum absolute atomic E-state index is 15.7. The molecule has 3 aromatic carbocycles. The number of nitrogen functional groups attached to an aromatic ring is 1. The number of esters is 3. The van der Waals surface area contributed by atoms with Crippen molar-refractivity contribution in [3.8, 4) is 17.2 Å². The Hall–Kier alpha value is -7.74. The average Bonchev–Trinajstić information content (AvgIpc) is 1.60. The standard InChI is InChI=1S/C23H28F4N3O7PS.2C23H27F4N2O8PS/c1-13(2)35-19(32)14(3)12-38(33,37-15-7-5-4-6-8-15)34-11-16-18(31)22(24,23(25,26)27)20(36-16)30-10-9-17(28)29-21(30)39;1-13(2)35-19(31)14(3)12-38(33,37-15-7-5-4-6-8-15)34-11-16-18(30)22(24,23(25,26)27)20(36-16)29-10-9-17(39)28-21(29)32;1-13(2)35-19(32)14(3)12-38(33,37-15-7-5-4-6-8-15)34-11-16-18(31)22(24,23(25,26)27)20(36-16)29-10-9-17(30)28-21(29)39/h4-10,13-14,16,18,20,31H,11-12H2,1-3H3,(H2,28,29,39);4-10,13-14,16,18,20,30H,11-12H2,1-3H3,(H,28,32,39);4-10,13-14,16,18,20,31H,11-12H2,1-3H3,(H,28,30,39)/t3*14-,16-,18+,20-,22?,38?/m111/s1. The van der Waals surface area contributed by atoms with Crippen molar-refractivity contribution in [2.24, 2.45) is 17.8 Å². The molecule has 0 spiro atoms. The van der Waals surface area contributed by atoms with E-state index in [-0.39, 0.29) is 32.3 Å². The fraction of sp³-hybridized carbons (Fsp3) is 0.522. The molecule has 6 aromatic rings. The van der Waals surface area contributed by atoms with Crippen molar-refractivity contribution < 1.29 is 152 Å². The minimum atomic E-state index is -5.70. The first-order chi connectivity index (χ1) is 54.2. The maximum atomic E-state index is 15.7. The molecule has 7 N–H and O–H groups in total. The van der Waals surface area contributed by atoms with E-state index in [2.05, 4.69) is 15.0 Å². The minimum absolute atomic E-state index is 0.0530. The van der Waals surface area contributed by atoms with Gasteiger partial charge in [-0.3, -0.25) is 56.4 Å². The Labute approximate surface area is 673 Å². The fourth-order valence-corrected chi connectivity index (χ4v) is 17.6. The normalized spacial score (nSPS) is 25.7. The number of aromatic amines is 2. The summed E-state index contributed by atoms with van der Waals surface area (Å²) in [5.74, 6) is -5.20. The van der Waals surface area contributed by atoms with Gasteiger partial charge in [0, 0.05) is 24.7 Å². The molecular formula is C69H82F12N7O23P3S3. The predicted molar refractivity (Wildman–Crippen MR) is 396 cm³/mol. The molecule has 0 aliphatic carbocycles. The summed E-state index contributed by atoms with van der Waals surface area (Å²) in [6.45, 7) is 10.8. The van der Waals surface area contributed by atoms with E-state index >= 15 is 13.2 Å². The third kappa shape index (κ3) is 23.9. The first kappa shape index (κ1) is 96.4. The van der Waals surface area contributed by atoms with Crippen LogP contribution < -0.4 is 30.6 Å². The number of hydrogen-bond donors (Lipinski definition) is 6. The Morgan fingerprint density at radius 1 is 0.487 bits per heavy atom. The molecule has 3 saturated heterocycles. The van der Waals surface area contributed by atoms with Gasteiger partial charge in [-0.2, -0.15) is 39.5 Å². The van der Waals surface area contributed by atoms with Crippen LogP contribution in [0.2, 0.25) is 0 Å². The van der Waals surface area contributed by atoms with Crippen LogP contribution in [0.4, 0.5) is 58.5 Å². The van der Waals surface area contributed by atoms with E-state index in [4.69, 9.17) is 98.0 Å². The summed E-state index contributed by atoms with van der Waals surface area (Å²) in [5, 5.41) is 31.4. The Morgan fingerprint density at radius 3 is 1.08 bits per heavy atom. The molecule has 3 fully saturated rings. The van der Waals surface area contributed by atoms with Gasteiger partial charge >= 0.3 is 64.9 Å². The number of alkyl halides is 12. The molecule has 3 aliphatic rings. The van der Waals surface area contributed by atoms with Gasteiger partial charge in [0.05, 0.1) is 74.4 Å². The molecule has 0 bridgehead atoms. The molecule has 30 nitrogen and oxygen atoms in total. The first-order valence-corrected chi connectivity index (χ1v) is 41.4. The number of para-hydroxylation sites is 3. The van der Waals surface area contributed by atoms with Crippen molar-refractivity contribution in [2.75, 3.05) is 44.0 Å². The number of aliphatic hydroxyl groups is 3. The minimum Gasteiger partial charge on any atom is -0.463 e. The van der Waals surface area contributed by atoms with Gasteiger partial charge in [0.15, 0.2) is 23.5 Å². The average molecular weight is 1790 g/mol. The van der Waals surface area contributed by atoms with E-state index in [0.717, 1.165) is 36.8 Å². The van der Waals surface area contributed by atoms with Crippen molar-refractivity contribution in [2.45, 2.75) is 171 Å². The molecule has 0 radical (unpaired) electrons. The highest BCUT2D eigenvalue weighted by Crippen LogP contribution is 2.59. The van der Waals surface area contributed by atoms with E-state index in [0.29, 0.717) is 9.13 Å². The van der Waals surface area contributed by atoms with Crippen LogP contribution in [0.1, 0.15) is 81.0 Å². The number of benzene rings is 3. The van der Waals surface area contributed by atoms with E-state index < -0.39 is 227 Å². The van der Waals surface area contributed by atoms with E-state index in [9.17, 15) is 92.5 Å². The highest BCUT2D eigenvalue weighted by molar-refractivity contribution is 7.71. The number of nitrogens with zero attached hydrogens (tertiary/aromatic N) is 4.